The number of nitrogens with zero attached hydrogens (tertiary/aromatic N) is 3. The highest BCUT2D eigenvalue weighted by Gasteiger charge is 2.15. The van der Waals surface area contributed by atoms with Crippen LogP contribution in [-0.2, 0) is 0 Å². The summed E-state index contributed by atoms with van der Waals surface area (Å²) in [6, 6.07) is 1.80. The fourth-order valence-electron chi connectivity index (χ4n) is 1.82. The smallest absolute Gasteiger partial charge is 0.196 e. The third kappa shape index (κ3) is 1.59. The van der Waals surface area contributed by atoms with Gasteiger partial charge in [-0.25, -0.2) is 9.97 Å². The van der Waals surface area contributed by atoms with E-state index in [2.05, 4.69) is 15.3 Å². The number of hydrogen-bond acceptors (Lipinski definition) is 4. The van der Waals surface area contributed by atoms with Gasteiger partial charge in [0.1, 0.15) is 17.2 Å². The van der Waals surface area contributed by atoms with E-state index >= 15 is 0 Å². The number of likely N-dealkylation sites (N-methyl/N-ethyl adjacent to an activating group) is 1. The summed E-state index contributed by atoms with van der Waals surface area (Å²) >= 11 is 0. The van der Waals surface area contributed by atoms with Gasteiger partial charge < -0.3 is 5.32 Å². The van der Waals surface area contributed by atoms with Crippen LogP contribution in [0, 0.1) is 13.8 Å². The van der Waals surface area contributed by atoms with E-state index in [1.807, 2.05) is 18.2 Å². The molecule has 16 heavy (non-hydrogen) atoms. The molecule has 0 spiro atoms. The van der Waals surface area contributed by atoms with Gasteiger partial charge in [0, 0.05) is 6.20 Å². The van der Waals surface area contributed by atoms with Crippen molar-refractivity contribution in [1.29, 1.82) is 0 Å². The van der Waals surface area contributed by atoms with Crippen molar-refractivity contribution in [3.05, 3.63) is 29.5 Å². The van der Waals surface area contributed by atoms with Gasteiger partial charge in [-0.3, -0.25) is 9.20 Å². The molecule has 0 fully saturated rings. The number of Topliss-reactive ketones (excluding diaryl/α,β-unsaturated/α-hetero) is 1. The van der Waals surface area contributed by atoms with Crippen LogP contribution in [0.4, 0.5) is 0 Å². The number of carbonyl (C=O) groups excluding carboxylic acids is 1. The Morgan fingerprint density at radius 3 is 2.88 bits per heavy atom. The predicted molar refractivity (Wildman–Crippen MR) is 60.7 cm³/mol. The van der Waals surface area contributed by atoms with Gasteiger partial charge in [-0.2, -0.15) is 0 Å². The normalized spacial score (nSPS) is 10.9. The van der Waals surface area contributed by atoms with Gasteiger partial charge in [0.15, 0.2) is 5.78 Å². The Labute approximate surface area is 93.5 Å². The molecule has 0 radical (unpaired) electrons. The van der Waals surface area contributed by atoms with Gasteiger partial charge in [0.05, 0.1) is 12.2 Å². The molecule has 0 aromatic carbocycles. The number of fused-ring (bicyclic) bond motifs is 1. The summed E-state index contributed by atoms with van der Waals surface area (Å²) in [5, 5.41) is 2.84. The van der Waals surface area contributed by atoms with Crippen LogP contribution in [0.5, 0.6) is 0 Å². The average molecular weight is 218 g/mol. The summed E-state index contributed by atoms with van der Waals surface area (Å²) in [6.07, 6.45) is 1.70. The van der Waals surface area contributed by atoms with Crippen LogP contribution in [-0.4, -0.2) is 33.7 Å². The van der Waals surface area contributed by atoms with E-state index in [0.29, 0.717) is 12.2 Å². The Kier molecular flexibility index (Phi) is 2.70. The highest BCUT2D eigenvalue weighted by molar-refractivity contribution is 5.97. The lowest BCUT2D eigenvalue weighted by Gasteiger charge is -2.00. The first-order chi connectivity index (χ1) is 7.65. The van der Waals surface area contributed by atoms with E-state index in [0.717, 1.165) is 17.2 Å². The van der Waals surface area contributed by atoms with E-state index in [4.69, 9.17) is 0 Å². The van der Waals surface area contributed by atoms with Crippen molar-refractivity contribution < 1.29 is 4.79 Å². The van der Waals surface area contributed by atoms with Crippen molar-refractivity contribution in [3.63, 3.8) is 0 Å². The maximum atomic E-state index is 11.8. The summed E-state index contributed by atoms with van der Waals surface area (Å²) in [7, 11) is 1.75. The van der Waals surface area contributed by atoms with Crippen LogP contribution >= 0.6 is 0 Å². The maximum Gasteiger partial charge on any atom is 0.196 e. The Balaban J connectivity index is 2.61. The highest BCUT2D eigenvalue weighted by Crippen LogP contribution is 2.13. The molecule has 0 aliphatic rings. The molecule has 0 amide bonds. The zero-order valence-corrected chi connectivity index (χ0v) is 9.61. The standard InChI is InChI=1S/C11H14N4O/c1-7-11(9(16)6-12-3)14-10-4-5-13-8(2)15(7)10/h4-5,12H,6H2,1-3H3. The lowest BCUT2D eigenvalue weighted by atomic mass is 10.2. The quantitative estimate of drug-likeness (QED) is 0.772. The van der Waals surface area contributed by atoms with Gasteiger partial charge in [-0.1, -0.05) is 0 Å². The minimum atomic E-state index is 0.00287. The van der Waals surface area contributed by atoms with Crippen LogP contribution < -0.4 is 5.32 Å². The van der Waals surface area contributed by atoms with Crippen LogP contribution in [0.25, 0.3) is 5.65 Å². The Bertz CT molecular complexity index is 544. The van der Waals surface area contributed by atoms with E-state index in [1.54, 1.807) is 19.3 Å². The van der Waals surface area contributed by atoms with Gasteiger partial charge in [-0.15, -0.1) is 0 Å². The second-order valence-corrected chi connectivity index (χ2v) is 3.68. The molecule has 1 N–H and O–H groups in total. The lowest BCUT2D eigenvalue weighted by Crippen LogP contribution is -2.19. The number of ketones is 1. The minimum Gasteiger partial charge on any atom is -0.313 e. The summed E-state index contributed by atoms with van der Waals surface area (Å²) in [4.78, 5) is 20.3. The number of nitrogens with one attached hydrogen (secondary N) is 1. The zero-order chi connectivity index (χ0) is 11.7. The molecular weight excluding hydrogens is 204 g/mol. The molecule has 0 aliphatic carbocycles. The summed E-state index contributed by atoms with van der Waals surface area (Å²) in [5.74, 6) is 0.842. The largest absolute Gasteiger partial charge is 0.313 e. The van der Waals surface area contributed by atoms with Crippen molar-refractivity contribution in [1.82, 2.24) is 19.7 Å². The van der Waals surface area contributed by atoms with E-state index in [1.165, 1.54) is 0 Å². The number of aryl methyl sites for hydroxylation is 2. The summed E-state index contributed by atoms with van der Waals surface area (Å²) in [5.41, 5.74) is 2.13. The molecule has 2 aromatic heterocycles. The fourth-order valence-corrected chi connectivity index (χ4v) is 1.82. The molecule has 2 rings (SSSR count). The van der Waals surface area contributed by atoms with Crippen molar-refractivity contribution in [3.8, 4) is 0 Å². The molecule has 0 saturated carbocycles. The number of hydrogen-bond donors (Lipinski definition) is 1. The van der Waals surface area contributed by atoms with E-state index < -0.39 is 0 Å². The van der Waals surface area contributed by atoms with Crippen molar-refractivity contribution in [2.45, 2.75) is 13.8 Å². The molecular formula is C11H14N4O. The van der Waals surface area contributed by atoms with Gasteiger partial charge >= 0.3 is 0 Å². The first-order valence-electron chi connectivity index (χ1n) is 5.13. The second-order valence-electron chi connectivity index (χ2n) is 3.68. The van der Waals surface area contributed by atoms with Gasteiger partial charge in [-0.05, 0) is 27.0 Å². The van der Waals surface area contributed by atoms with Crippen LogP contribution in [0.1, 0.15) is 22.0 Å². The SMILES string of the molecule is CNCC(=O)c1nc2ccnc(C)n2c1C. The van der Waals surface area contributed by atoms with Crippen LogP contribution in [0.15, 0.2) is 12.3 Å². The molecule has 0 unspecified atom stereocenters. The van der Waals surface area contributed by atoms with Crippen molar-refractivity contribution in [2.75, 3.05) is 13.6 Å². The van der Waals surface area contributed by atoms with Crippen molar-refractivity contribution in [2.24, 2.45) is 0 Å². The first kappa shape index (κ1) is 10.8. The lowest BCUT2D eigenvalue weighted by molar-refractivity contribution is 0.0989. The number of rotatable bonds is 3. The molecule has 2 aromatic rings. The number of imidazole rings is 1. The molecule has 0 aliphatic heterocycles. The molecule has 0 saturated heterocycles. The minimum absolute atomic E-state index is 0.00287. The molecule has 0 atom stereocenters. The monoisotopic (exact) mass is 218 g/mol. The van der Waals surface area contributed by atoms with E-state index in [-0.39, 0.29) is 5.78 Å². The molecule has 5 nitrogen and oxygen atoms in total. The average Bonchev–Trinajstić information content (AvgIpc) is 2.58. The predicted octanol–water partition coefficient (Wildman–Crippen LogP) is 0.748. The summed E-state index contributed by atoms with van der Waals surface area (Å²) in [6.45, 7) is 4.09. The highest BCUT2D eigenvalue weighted by atomic mass is 16.1. The maximum absolute atomic E-state index is 11.8. The van der Waals surface area contributed by atoms with E-state index in [9.17, 15) is 4.79 Å². The summed E-state index contributed by atoms with van der Waals surface area (Å²) < 4.78 is 1.89. The number of aromatic nitrogens is 3. The fraction of sp³-hybridized carbons (Fsp3) is 0.364. The number of carbonyl (C=O) groups is 1. The third-order valence-corrected chi connectivity index (χ3v) is 2.54. The van der Waals surface area contributed by atoms with Crippen LogP contribution in [0.2, 0.25) is 0 Å². The third-order valence-electron chi connectivity index (χ3n) is 2.54. The molecule has 2 heterocycles. The molecule has 84 valence electrons. The second kappa shape index (κ2) is 4.02. The Morgan fingerprint density at radius 1 is 1.50 bits per heavy atom. The Morgan fingerprint density at radius 2 is 2.25 bits per heavy atom. The Hall–Kier alpha value is -1.75. The molecule has 5 heteroatoms. The molecule has 0 bridgehead atoms. The topological polar surface area (TPSA) is 59.3 Å². The zero-order valence-electron chi connectivity index (χ0n) is 9.61. The van der Waals surface area contributed by atoms with Gasteiger partial charge in [0.25, 0.3) is 0 Å². The van der Waals surface area contributed by atoms with Crippen molar-refractivity contribution >= 4 is 11.4 Å². The van der Waals surface area contributed by atoms with Gasteiger partial charge in [0.2, 0.25) is 0 Å². The van der Waals surface area contributed by atoms with Crippen LogP contribution in [0.3, 0.4) is 0 Å². The first-order valence-corrected chi connectivity index (χ1v) is 5.13.